The predicted molar refractivity (Wildman–Crippen MR) is 68.8 cm³/mol. The minimum absolute atomic E-state index is 0.00621. The van der Waals surface area contributed by atoms with E-state index in [4.69, 9.17) is 5.11 Å². The molecule has 1 amide bonds. The molecular formula is C13H14N2O3. The Bertz CT molecular complexity index is 523. The molecule has 0 unspecified atom stereocenters. The van der Waals surface area contributed by atoms with Gasteiger partial charge >= 0.3 is 5.97 Å². The van der Waals surface area contributed by atoms with E-state index in [0.29, 0.717) is 6.42 Å². The van der Waals surface area contributed by atoms with Gasteiger partial charge in [0.15, 0.2) is 0 Å². The zero-order chi connectivity index (χ0) is 13.1. The molecule has 0 saturated carbocycles. The normalized spacial score (nSPS) is 14.1. The van der Waals surface area contributed by atoms with Crippen LogP contribution in [0.4, 0.5) is 11.4 Å². The molecular weight excluding hydrogens is 232 g/mol. The first kappa shape index (κ1) is 12.2. The third kappa shape index (κ3) is 2.34. The fourth-order valence-electron chi connectivity index (χ4n) is 2.00. The number of anilines is 2. The maximum absolute atomic E-state index is 11.8. The summed E-state index contributed by atoms with van der Waals surface area (Å²) in [6, 6.07) is 5.71. The lowest BCUT2D eigenvalue weighted by Crippen LogP contribution is -2.26. The van der Waals surface area contributed by atoms with E-state index in [0.717, 1.165) is 23.0 Å². The van der Waals surface area contributed by atoms with Crippen LogP contribution in [-0.2, 0) is 16.0 Å². The summed E-state index contributed by atoms with van der Waals surface area (Å²) in [5, 5.41) is 11.5. The summed E-state index contributed by atoms with van der Waals surface area (Å²) < 4.78 is 0. The molecule has 18 heavy (non-hydrogen) atoms. The van der Waals surface area contributed by atoms with E-state index in [1.165, 1.54) is 6.08 Å². The summed E-state index contributed by atoms with van der Waals surface area (Å²) in [4.78, 5) is 23.8. The molecule has 0 aliphatic carbocycles. The maximum atomic E-state index is 11.8. The number of carbonyl (C=O) groups excluding carboxylic acids is 1. The van der Waals surface area contributed by atoms with Crippen molar-refractivity contribution < 1.29 is 14.7 Å². The van der Waals surface area contributed by atoms with Crippen molar-refractivity contribution in [1.82, 2.24) is 0 Å². The van der Waals surface area contributed by atoms with Crippen molar-refractivity contribution in [3.63, 3.8) is 0 Å². The summed E-state index contributed by atoms with van der Waals surface area (Å²) in [7, 11) is 1.83. The molecule has 5 nitrogen and oxygen atoms in total. The zero-order valence-corrected chi connectivity index (χ0v) is 10.0. The van der Waals surface area contributed by atoms with Crippen LogP contribution >= 0.6 is 0 Å². The van der Waals surface area contributed by atoms with Crippen LogP contribution in [0.5, 0.6) is 0 Å². The Morgan fingerprint density at radius 3 is 3.00 bits per heavy atom. The predicted octanol–water partition coefficient (Wildman–Crippen LogP) is 1.26. The molecule has 1 aliphatic heterocycles. The minimum atomic E-state index is -1.01. The van der Waals surface area contributed by atoms with Gasteiger partial charge in [0.1, 0.15) is 0 Å². The first-order valence-corrected chi connectivity index (χ1v) is 5.62. The molecule has 2 rings (SSSR count). The standard InChI is InChI=1S/C13H14N2O3/c1-14-10-4-5-11-9(7-10)8-12(16)15(11)6-2-3-13(17)18/h2-5,7,14H,6,8H2,1H3,(H,17,18)/b3-2+. The van der Waals surface area contributed by atoms with E-state index in [1.54, 1.807) is 4.90 Å². The van der Waals surface area contributed by atoms with Crippen LogP contribution in [0, 0.1) is 0 Å². The second-order valence-corrected chi connectivity index (χ2v) is 4.02. The summed E-state index contributed by atoms with van der Waals surface area (Å²) in [5.74, 6) is -1.01. The van der Waals surface area contributed by atoms with Crippen molar-refractivity contribution in [1.29, 1.82) is 0 Å². The van der Waals surface area contributed by atoms with E-state index < -0.39 is 5.97 Å². The second-order valence-electron chi connectivity index (χ2n) is 4.02. The van der Waals surface area contributed by atoms with Crippen molar-refractivity contribution in [3.8, 4) is 0 Å². The van der Waals surface area contributed by atoms with Crippen LogP contribution in [0.3, 0.4) is 0 Å². The molecule has 0 radical (unpaired) electrons. The van der Waals surface area contributed by atoms with Crippen LogP contribution < -0.4 is 10.2 Å². The van der Waals surface area contributed by atoms with Crippen LogP contribution in [0.25, 0.3) is 0 Å². The molecule has 1 heterocycles. The van der Waals surface area contributed by atoms with E-state index >= 15 is 0 Å². The van der Waals surface area contributed by atoms with Gasteiger partial charge < -0.3 is 15.3 Å². The molecule has 1 aromatic rings. The van der Waals surface area contributed by atoms with Gasteiger partial charge in [-0.1, -0.05) is 6.08 Å². The van der Waals surface area contributed by atoms with Gasteiger partial charge in [-0.15, -0.1) is 0 Å². The van der Waals surface area contributed by atoms with Crippen molar-refractivity contribution in [2.24, 2.45) is 0 Å². The summed E-state index contributed by atoms with van der Waals surface area (Å²) in [5.41, 5.74) is 2.79. The number of hydrogen-bond donors (Lipinski definition) is 2. The first-order chi connectivity index (χ1) is 8.61. The van der Waals surface area contributed by atoms with E-state index in [9.17, 15) is 9.59 Å². The molecule has 0 spiro atoms. The zero-order valence-electron chi connectivity index (χ0n) is 10.0. The number of nitrogens with one attached hydrogen (secondary N) is 1. The van der Waals surface area contributed by atoms with Crippen LogP contribution in [0.2, 0.25) is 0 Å². The number of nitrogens with zero attached hydrogens (tertiary/aromatic N) is 1. The molecule has 2 N–H and O–H groups in total. The van der Waals surface area contributed by atoms with Crippen molar-refractivity contribution in [2.45, 2.75) is 6.42 Å². The van der Waals surface area contributed by atoms with Crippen LogP contribution in [0.15, 0.2) is 30.4 Å². The summed E-state index contributed by atoms with van der Waals surface area (Å²) in [6.07, 6.45) is 2.89. The van der Waals surface area contributed by atoms with Crippen LogP contribution in [0.1, 0.15) is 5.56 Å². The van der Waals surface area contributed by atoms with Gasteiger partial charge in [-0.2, -0.15) is 0 Å². The van der Waals surface area contributed by atoms with Gasteiger partial charge in [-0.05, 0) is 23.8 Å². The number of carboxylic acid groups (broad SMARTS) is 1. The number of amides is 1. The molecule has 5 heteroatoms. The molecule has 0 bridgehead atoms. The van der Waals surface area contributed by atoms with Crippen molar-refractivity contribution in [3.05, 3.63) is 35.9 Å². The van der Waals surface area contributed by atoms with E-state index in [1.807, 2.05) is 25.2 Å². The molecule has 0 saturated heterocycles. The Kier molecular flexibility index (Phi) is 3.32. The Hall–Kier alpha value is -2.30. The monoisotopic (exact) mass is 246 g/mol. The van der Waals surface area contributed by atoms with Gasteiger partial charge in [-0.25, -0.2) is 4.79 Å². The molecule has 0 atom stereocenters. The number of rotatable bonds is 4. The Morgan fingerprint density at radius 2 is 2.33 bits per heavy atom. The number of fused-ring (bicyclic) bond motifs is 1. The van der Waals surface area contributed by atoms with Gasteiger partial charge in [0, 0.05) is 31.0 Å². The third-order valence-electron chi connectivity index (χ3n) is 2.85. The lowest BCUT2D eigenvalue weighted by molar-refractivity contribution is -0.131. The summed E-state index contributed by atoms with van der Waals surface area (Å²) in [6.45, 7) is 0.289. The lowest BCUT2D eigenvalue weighted by Gasteiger charge is -2.15. The molecule has 94 valence electrons. The highest BCUT2D eigenvalue weighted by atomic mass is 16.4. The molecule has 0 aromatic heterocycles. The Labute approximate surface area is 105 Å². The Balaban J connectivity index is 2.20. The average Bonchev–Trinajstić information content (AvgIpc) is 2.64. The highest BCUT2D eigenvalue weighted by molar-refractivity contribution is 6.02. The average molecular weight is 246 g/mol. The quantitative estimate of drug-likeness (QED) is 0.785. The van der Waals surface area contributed by atoms with Gasteiger partial charge in [0.05, 0.1) is 6.42 Å². The van der Waals surface area contributed by atoms with E-state index in [2.05, 4.69) is 5.32 Å². The van der Waals surface area contributed by atoms with Crippen molar-refractivity contribution in [2.75, 3.05) is 23.8 Å². The minimum Gasteiger partial charge on any atom is -0.478 e. The van der Waals surface area contributed by atoms with Crippen molar-refractivity contribution >= 4 is 23.3 Å². The third-order valence-corrected chi connectivity index (χ3v) is 2.85. The highest BCUT2D eigenvalue weighted by Gasteiger charge is 2.26. The number of aliphatic carboxylic acids is 1. The number of benzene rings is 1. The topological polar surface area (TPSA) is 69.6 Å². The smallest absolute Gasteiger partial charge is 0.328 e. The molecule has 1 aliphatic rings. The fourth-order valence-corrected chi connectivity index (χ4v) is 2.00. The molecule has 0 fully saturated rings. The lowest BCUT2D eigenvalue weighted by atomic mass is 10.1. The Morgan fingerprint density at radius 1 is 1.56 bits per heavy atom. The van der Waals surface area contributed by atoms with Gasteiger partial charge in [0.2, 0.25) is 5.91 Å². The SMILES string of the molecule is CNc1ccc2c(c1)CC(=O)N2C/C=C/C(=O)O. The maximum Gasteiger partial charge on any atom is 0.328 e. The summed E-state index contributed by atoms with van der Waals surface area (Å²) >= 11 is 0. The number of carboxylic acids is 1. The fraction of sp³-hybridized carbons (Fsp3) is 0.231. The highest BCUT2D eigenvalue weighted by Crippen LogP contribution is 2.30. The van der Waals surface area contributed by atoms with Crippen LogP contribution in [-0.4, -0.2) is 30.6 Å². The number of carbonyl (C=O) groups is 2. The van der Waals surface area contributed by atoms with Gasteiger partial charge in [-0.3, -0.25) is 4.79 Å². The second kappa shape index (κ2) is 4.91. The first-order valence-electron chi connectivity index (χ1n) is 5.62. The van der Waals surface area contributed by atoms with E-state index in [-0.39, 0.29) is 12.5 Å². The van der Waals surface area contributed by atoms with Gasteiger partial charge in [0.25, 0.3) is 0 Å². The largest absolute Gasteiger partial charge is 0.478 e. The molecule has 1 aromatic carbocycles. The number of hydrogen-bond acceptors (Lipinski definition) is 3.